The van der Waals surface area contributed by atoms with Crippen molar-refractivity contribution in [2.45, 2.75) is 25.3 Å². The number of benzene rings is 1. The number of anilines is 1. The Labute approximate surface area is 123 Å². The van der Waals surface area contributed by atoms with E-state index in [1.165, 1.54) is 21.7 Å². The van der Waals surface area contributed by atoms with Crippen LogP contribution in [0.25, 0.3) is 0 Å². The van der Waals surface area contributed by atoms with Crippen LogP contribution in [0.2, 0.25) is 0 Å². The third-order valence-corrected chi connectivity index (χ3v) is 5.51. The van der Waals surface area contributed by atoms with Gasteiger partial charge in [-0.05, 0) is 37.6 Å². The van der Waals surface area contributed by atoms with Crippen molar-refractivity contribution in [3.63, 3.8) is 0 Å². The number of hydrogen-bond donors (Lipinski definition) is 1. The van der Waals surface area contributed by atoms with Gasteiger partial charge in [0.1, 0.15) is 0 Å². The van der Waals surface area contributed by atoms with Crippen LogP contribution in [0.5, 0.6) is 0 Å². The van der Waals surface area contributed by atoms with E-state index in [-0.39, 0.29) is 4.90 Å². The van der Waals surface area contributed by atoms with Gasteiger partial charge in [0.15, 0.2) is 0 Å². The van der Waals surface area contributed by atoms with Crippen LogP contribution >= 0.6 is 11.3 Å². The van der Waals surface area contributed by atoms with Gasteiger partial charge in [0.05, 0.1) is 9.90 Å². The second-order valence-electron chi connectivity index (χ2n) is 4.69. The molecule has 2 aromatic rings. The van der Waals surface area contributed by atoms with Crippen molar-refractivity contribution < 1.29 is 8.42 Å². The molecule has 0 aliphatic heterocycles. The summed E-state index contributed by atoms with van der Waals surface area (Å²) in [5.74, 6) is 0. The number of nitrogens with two attached hydrogens (primary N) is 1. The molecule has 0 aliphatic rings. The molecule has 0 spiro atoms. The summed E-state index contributed by atoms with van der Waals surface area (Å²) in [4.78, 5) is 5.26. The van der Waals surface area contributed by atoms with E-state index in [0.29, 0.717) is 12.2 Å². The molecule has 0 saturated carbocycles. The first-order valence-electron chi connectivity index (χ1n) is 6.04. The maximum absolute atomic E-state index is 12.5. The van der Waals surface area contributed by atoms with Crippen molar-refractivity contribution in [3.8, 4) is 0 Å². The van der Waals surface area contributed by atoms with Crippen molar-refractivity contribution in [3.05, 3.63) is 39.8 Å². The van der Waals surface area contributed by atoms with Crippen LogP contribution in [-0.4, -0.2) is 24.8 Å². The molecule has 0 amide bonds. The monoisotopic (exact) mass is 311 g/mol. The molecular weight excluding hydrogens is 294 g/mol. The van der Waals surface area contributed by atoms with Gasteiger partial charge < -0.3 is 5.73 Å². The lowest BCUT2D eigenvalue weighted by Gasteiger charge is -2.17. The summed E-state index contributed by atoms with van der Waals surface area (Å²) in [5.41, 5.74) is 7.00. The molecule has 0 bridgehead atoms. The summed E-state index contributed by atoms with van der Waals surface area (Å²) in [5, 5.41) is 0.922. The van der Waals surface area contributed by atoms with Gasteiger partial charge in [-0.25, -0.2) is 13.4 Å². The maximum Gasteiger partial charge on any atom is 0.243 e. The Kier molecular flexibility index (Phi) is 4.12. The molecule has 0 radical (unpaired) electrons. The third kappa shape index (κ3) is 3.17. The molecule has 0 saturated heterocycles. The van der Waals surface area contributed by atoms with Crippen molar-refractivity contribution in [1.82, 2.24) is 9.29 Å². The second-order valence-corrected chi connectivity index (χ2v) is 8.05. The van der Waals surface area contributed by atoms with E-state index in [9.17, 15) is 8.42 Å². The highest BCUT2D eigenvalue weighted by Gasteiger charge is 2.22. The van der Waals surface area contributed by atoms with Gasteiger partial charge in [-0.1, -0.05) is 0 Å². The molecule has 2 rings (SSSR count). The Balaban J connectivity index is 2.29. The number of hydrogen-bond acceptors (Lipinski definition) is 5. The quantitative estimate of drug-likeness (QED) is 0.878. The van der Waals surface area contributed by atoms with Gasteiger partial charge in [0.25, 0.3) is 0 Å². The number of sulfonamides is 1. The number of aromatic nitrogens is 1. The summed E-state index contributed by atoms with van der Waals surface area (Å²) < 4.78 is 26.3. The zero-order valence-electron chi connectivity index (χ0n) is 11.6. The second kappa shape index (κ2) is 5.51. The molecule has 108 valence electrons. The van der Waals surface area contributed by atoms with Gasteiger partial charge in [-0.2, -0.15) is 4.31 Å². The van der Waals surface area contributed by atoms with E-state index in [4.69, 9.17) is 5.73 Å². The number of nitrogen functional groups attached to an aromatic ring is 1. The average Bonchev–Trinajstić information content (AvgIpc) is 2.73. The van der Waals surface area contributed by atoms with E-state index >= 15 is 0 Å². The Bertz CT molecular complexity index is 703. The summed E-state index contributed by atoms with van der Waals surface area (Å²) in [6.07, 6.45) is 1.70. The van der Waals surface area contributed by atoms with Crippen LogP contribution in [0, 0.1) is 13.8 Å². The van der Waals surface area contributed by atoms with E-state index in [1.807, 2.05) is 13.8 Å². The van der Waals surface area contributed by atoms with Crippen LogP contribution in [0.4, 0.5) is 5.69 Å². The van der Waals surface area contributed by atoms with Gasteiger partial charge in [0.2, 0.25) is 10.0 Å². The molecule has 7 heteroatoms. The minimum Gasteiger partial charge on any atom is -0.399 e. The van der Waals surface area contributed by atoms with Crippen molar-refractivity contribution >= 4 is 27.0 Å². The lowest BCUT2D eigenvalue weighted by atomic mass is 10.2. The topological polar surface area (TPSA) is 76.3 Å². The first-order valence-corrected chi connectivity index (χ1v) is 8.29. The predicted molar refractivity (Wildman–Crippen MR) is 81.1 cm³/mol. The van der Waals surface area contributed by atoms with Crippen molar-refractivity contribution in [1.29, 1.82) is 0 Å². The molecule has 20 heavy (non-hydrogen) atoms. The fraction of sp³-hybridized carbons (Fsp3) is 0.308. The van der Waals surface area contributed by atoms with Crippen LogP contribution in [0.3, 0.4) is 0 Å². The molecule has 1 heterocycles. The highest BCUT2D eigenvalue weighted by atomic mass is 32.2. The van der Waals surface area contributed by atoms with Gasteiger partial charge in [-0.15, -0.1) is 11.3 Å². The molecular formula is C13H17N3O2S2. The number of nitrogens with zero attached hydrogens (tertiary/aromatic N) is 2. The molecule has 0 unspecified atom stereocenters. The van der Waals surface area contributed by atoms with Gasteiger partial charge in [-0.3, -0.25) is 0 Å². The highest BCUT2D eigenvalue weighted by Crippen LogP contribution is 2.22. The first kappa shape index (κ1) is 15.0. The third-order valence-electron chi connectivity index (χ3n) is 2.83. The van der Waals surface area contributed by atoms with E-state index in [0.717, 1.165) is 15.4 Å². The fourth-order valence-electron chi connectivity index (χ4n) is 1.89. The SMILES string of the molecule is Cc1cc(N)cc(S(=O)(=O)N(C)Cc2cnc(C)s2)c1. The first-order chi connectivity index (χ1) is 9.29. The summed E-state index contributed by atoms with van der Waals surface area (Å²) in [7, 11) is -1.98. The van der Waals surface area contributed by atoms with E-state index in [2.05, 4.69) is 4.98 Å². The zero-order chi connectivity index (χ0) is 14.9. The van der Waals surface area contributed by atoms with Crippen LogP contribution in [0.15, 0.2) is 29.3 Å². The fourth-order valence-corrected chi connectivity index (χ4v) is 4.11. The number of aryl methyl sites for hydroxylation is 2. The van der Waals surface area contributed by atoms with Gasteiger partial charge >= 0.3 is 0 Å². The molecule has 2 N–H and O–H groups in total. The molecule has 0 fully saturated rings. The molecule has 1 aromatic heterocycles. The minimum atomic E-state index is -3.54. The predicted octanol–water partition coefficient (Wildman–Crippen LogP) is 2.16. The molecule has 1 aromatic carbocycles. The Hall–Kier alpha value is -1.44. The molecule has 5 nitrogen and oxygen atoms in total. The Morgan fingerprint density at radius 1 is 1.30 bits per heavy atom. The van der Waals surface area contributed by atoms with E-state index in [1.54, 1.807) is 25.4 Å². The lowest BCUT2D eigenvalue weighted by Crippen LogP contribution is -2.26. The Morgan fingerprint density at radius 3 is 2.55 bits per heavy atom. The summed E-state index contributed by atoms with van der Waals surface area (Å²) >= 11 is 1.49. The maximum atomic E-state index is 12.5. The largest absolute Gasteiger partial charge is 0.399 e. The van der Waals surface area contributed by atoms with Crippen LogP contribution < -0.4 is 5.73 Å². The summed E-state index contributed by atoms with van der Waals surface area (Å²) in [6, 6.07) is 4.85. The minimum absolute atomic E-state index is 0.221. The highest BCUT2D eigenvalue weighted by molar-refractivity contribution is 7.89. The summed E-state index contributed by atoms with van der Waals surface area (Å²) in [6.45, 7) is 4.02. The average molecular weight is 311 g/mol. The molecule has 0 aliphatic carbocycles. The van der Waals surface area contributed by atoms with E-state index < -0.39 is 10.0 Å². The smallest absolute Gasteiger partial charge is 0.243 e. The standard InChI is InChI=1S/C13H17N3O2S2/c1-9-4-11(14)6-13(5-9)20(17,18)16(3)8-12-7-15-10(2)19-12/h4-7H,8,14H2,1-3H3. The van der Waals surface area contributed by atoms with Crippen molar-refractivity contribution in [2.75, 3.05) is 12.8 Å². The van der Waals surface area contributed by atoms with Crippen LogP contribution in [0.1, 0.15) is 15.4 Å². The molecule has 0 atom stereocenters. The number of rotatable bonds is 4. The number of thiazole rings is 1. The normalized spacial score (nSPS) is 12.0. The van der Waals surface area contributed by atoms with Crippen molar-refractivity contribution in [2.24, 2.45) is 0 Å². The zero-order valence-corrected chi connectivity index (χ0v) is 13.3. The Morgan fingerprint density at radius 2 is 2.00 bits per heavy atom. The van der Waals surface area contributed by atoms with Crippen LogP contribution in [-0.2, 0) is 16.6 Å². The van der Waals surface area contributed by atoms with Gasteiger partial charge in [0, 0.05) is 30.4 Å². The lowest BCUT2D eigenvalue weighted by molar-refractivity contribution is 0.469.